The molecule has 0 aliphatic rings. The molecule has 0 aliphatic carbocycles. The van der Waals surface area contributed by atoms with Gasteiger partial charge >= 0.3 is 0 Å². The third-order valence-corrected chi connectivity index (χ3v) is 6.23. The Morgan fingerprint density at radius 1 is 0.758 bits per heavy atom. The van der Waals surface area contributed by atoms with Gasteiger partial charge in [0, 0.05) is 35.5 Å². The maximum atomic E-state index is 4.77. The maximum absolute atomic E-state index is 4.77. The average Bonchev–Trinajstić information content (AvgIpc) is 3.52. The highest BCUT2D eigenvalue weighted by atomic mass is 14.9. The number of aryl methyl sites for hydroxylation is 1. The highest BCUT2D eigenvalue weighted by molar-refractivity contribution is 6.21. The fourth-order valence-electron chi connectivity index (χ4n) is 4.42. The van der Waals surface area contributed by atoms with Crippen LogP contribution in [0.15, 0.2) is 61.1 Å². The molecule has 0 spiro atoms. The van der Waals surface area contributed by atoms with E-state index in [0.717, 1.165) is 73.3 Å². The fraction of sp³-hybridized carbons (Fsp3) is 0.185. The SMILES string of the molecule is CCc1nc2c3nccnc3c3cc(-c4ccc(-c5cnc(C(C)C)[nH]5)cc4)ccc3c2[nH]1. The quantitative estimate of drug-likeness (QED) is 0.316. The third-order valence-electron chi connectivity index (χ3n) is 6.23. The van der Waals surface area contributed by atoms with Crippen molar-refractivity contribution in [1.29, 1.82) is 0 Å². The van der Waals surface area contributed by atoms with E-state index in [1.165, 1.54) is 0 Å². The number of hydrogen-bond acceptors (Lipinski definition) is 4. The first-order chi connectivity index (χ1) is 16.1. The molecule has 6 rings (SSSR count). The molecule has 0 atom stereocenters. The molecular formula is C27H24N6. The fourth-order valence-corrected chi connectivity index (χ4v) is 4.42. The van der Waals surface area contributed by atoms with Crippen molar-refractivity contribution in [2.24, 2.45) is 0 Å². The first-order valence-corrected chi connectivity index (χ1v) is 11.3. The molecule has 0 saturated heterocycles. The van der Waals surface area contributed by atoms with Gasteiger partial charge in [0.1, 0.15) is 22.7 Å². The zero-order valence-corrected chi connectivity index (χ0v) is 18.8. The number of rotatable bonds is 4. The minimum atomic E-state index is 0.378. The van der Waals surface area contributed by atoms with E-state index < -0.39 is 0 Å². The Hall–Kier alpha value is -4.06. The van der Waals surface area contributed by atoms with Gasteiger partial charge in [-0.2, -0.15) is 0 Å². The lowest BCUT2D eigenvalue weighted by Gasteiger charge is -2.08. The Labute approximate surface area is 191 Å². The molecule has 0 fully saturated rings. The molecule has 2 N–H and O–H groups in total. The van der Waals surface area contributed by atoms with Gasteiger partial charge in [0.05, 0.1) is 22.9 Å². The van der Waals surface area contributed by atoms with Gasteiger partial charge in [0.15, 0.2) is 0 Å². The zero-order valence-electron chi connectivity index (χ0n) is 18.8. The van der Waals surface area contributed by atoms with E-state index in [-0.39, 0.29) is 0 Å². The molecule has 162 valence electrons. The van der Waals surface area contributed by atoms with Crippen molar-refractivity contribution in [2.75, 3.05) is 0 Å². The normalized spacial score (nSPS) is 11.9. The van der Waals surface area contributed by atoms with E-state index >= 15 is 0 Å². The van der Waals surface area contributed by atoms with Crippen LogP contribution in [-0.4, -0.2) is 29.9 Å². The number of H-pyrrole nitrogens is 2. The molecule has 6 nitrogen and oxygen atoms in total. The molecule has 6 heteroatoms. The minimum Gasteiger partial charge on any atom is -0.342 e. The predicted octanol–water partition coefficient (Wildman–Crippen LogP) is 6.40. The van der Waals surface area contributed by atoms with Crippen LogP contribution in [0, 0.1) is 0 Å². The van der Waals surface area contributed by atoms with Crippen LogP contribution in [0.2, 0.25) is 0 Å². The van der Waals surface area contributed by atoms with Crippen LogP contribution in [-0.2, 0) is 6.42 Å². The summed E-state index contributed by atoms with van der Waals surface area (Å²) in [5.74, 6) is 2.35. The van der Waals surface area contributed by atoms with Gasteiger partial charge in [-0.3, -0.25) is 9.97 Å². The van der Waals surface area contributed by atoms with Gasteiger partial charge in [-0.1, -0.05) is 57.2 Å². The summed E-state index contributed by atoms with van der Waals surface area (Å²) in [6.07, 6.45) is 6.23. The molecular weight excluding hydrogens is 408 g/mol. The summed E-state index contributed by atoms with van der Waals surface area (Å²) in [4.78, 5) is 25.5. The number of fused-ring (bicyclic) bond motifs is 6. The molecule has 3 aromatic carbocycles. The van der Waals surface area contributed by atoms with Crippen molar-refractivity contribution >= 4 is 32.8 Å². The second-order valence-electron chi connectivity index (χ2n) is 8.69. The molecule has 3 aromatic heterocycles. The van der Waals surface area contributed by atoms with E-state index in [9.17, 15) is 0 Å². The highest BCUT2D eigenvalue weighted by Crippen LogP contribution is 2.35. The van der Waals surface area contributed by atoms with Crippen molar-refractivity contribution in [1.82, 2.24) is 29.9 Å². The lowest BCUT2D eigenvalue weighted by atomic mass is 9.98. The summed E-state index contributed by atoms with van der Waals surface area (Å²) < 4.78 is 0. The van der Waals surface area contributed by atoms with Crippen LogP contribution >= 0.6 is 0 Å². The van der Waals surface area contributed by atoms with Gasteiger partial charge in [0.2, 0.25) is 0 Å². The summed E-state index contributed by atoms with van der Waals surface area (Å²) in [6.45, 7) is 6.38. The summed E-state index contributed by atoms with van der Waals surface area (Å²) in [5.41, 5.74) is 8.09. The Kier molecular flexibility index (Phi) is 4.47. The summed E-state index contributed by atoms with van der Waals surface area (Å²) in [6, 6.07) is 15.1. The average molecular weight is 433 g/mol. The largest absolute Gasteiger partial charge is 0.342 e. The van der Waals surface area contributed by atoms with Crippen LogP contribution < -0.4 is 0 Å². The molecule has 3 heterocycles. The number of benzene rings is 3. The zero-order chi connectivity index (χ0) is 22.5. The van der Waals surface area contributed by atoms with Crippen LogP contribution in [0.5, 0.6) is 0 Å². The van der Waals surface area contributed by atoms with E-state index in [0.29, 0.717) is 5.92 Å². The first-order valence-electron chi connectivity index (χ1n) is 11.3. The molecule has 6 aromatic rings. The third kappa shape index (κ3) is 3.18. The van der Waals surface area contributed by atoms with Crippen molar-refractivity contribution in [3.8, 4) is 22.4 Å². The molecule has 0 unspecified atom stereocenters. The van der Waals surface area contributed by atoms with Crippen LogP contribution in [0.4, 0.5) is 0 Å². The Bertz CT molecular complexity index is 1620. The molecule has 0 radical (unpaired) electrons. The van der Waals surface area contributed by atoms with Gasteiger partial charge in [-0.25, -0.2) is 9.97 Å². The van der Waals surface area contributed by atoms with Gasteiger partial charge in [0.25, 0.3) is 0 Å². The van der Waals surface area contributed by atoms with Crippen molar-refractivity contribution in [2.45, 2.75) is 33.1 Å². The van der Waals surface area contributed by atoms with Gasteiger partial charge in [-0.15, -0.1) is 0 Å². The van der Waals surface area contributed by atoms with Crippen molar-refractivity contribution in [3.05, 3.63) is 72.7 Å². The van der Waals surface area contributed by atoms with Crippen molar-refractivity contribution in [3.63, 3.8) is 0 Å². The van der Waals surface area contributed by atoms with E-state index in [1.807, 2.05) is 6.20 Å². The van der Waals surface area contributed by atoms with E-state index in [4.69, 9.17) is 4.98 Å². The number of aromatic nitrogens is 6. The standard InChI is InChI=1S/C27H24N6/c1-4-22-32-24-19-10-9-18(13-20(19)23-25(26(24)33-22)29-12-11-28-23)16-5-7-17(8-6-16)21-14-30-27(31-21)15(2)3/h5-15H,4H2,1-3H3,(H,30,31)(H,32,33). The lowest BCUT2D eigenvalue weighted by Crippen LogP contribution is -1.89. The Balaban J connectivity index is 1.48. The minimum absolute atomic E-state index is 0.378. The van der Waals surface area contributed by atoms with Gasteiger partial charge < -0.3 is 9.97 Å². The summed E-state index contributed by atoms with van der Waals surface area (Å²) in [5, 5.41) is 2.19. The van der Waals surface area contributed by atoms with E-state index in [2.05, 4.69) is 88.2 Å². The smallest absolute Gasteiger partial charge is 0.117 e. The predicted molar refractivity (Wildman–Crippen MR) is 133 cm³/mol. The lowest BCUT2D eigenvalue weighted by molar-refractivity contribution is 0.795. The number of aromatic amines is 2. The summed E-state index contributed by atoms with van der Waals surface area (Å²) >= 11 is 0. The first kappa shape index (κ1) is 19.6. The Morgan fingerprint density at radius 2 is 1.48 bits per heavy atom. The monoisotopic (exact) mass is 432 g/mol. The second-order valence-corrected chi connectivity index (χ2v) is 8.69. The molecule has 0 bridgehead atoms. The number of nitrogens with zero attached hydrogens (tertiary/aromatic N) is 4. The Morgan fingerprint density at radius 3 is 2.21 bits per heavy atom. The van der Waals surface area contributed by atoms with Crippen LogP contribution in [0.1, 0.15) is 38.3 Å². The number of hydrogen-bond donors (Lipinski definition) is 2. The molecule has 0 saturated carbocycles. The summed E-state index contributed by atoms with van der Waals surface area (Å²) in [7, 11) is 0. The van der Waals surface area contributed by atoms with Gasteiger partial charge in [-0.05, 0) is 22.8 Å². The molecule has 33 heavy (non-hydrogen) atoms. The second kappa shape index (κ2) is 7.52. The maximum Gasteiger partial charge on any atom is 0.117 e. The van der Waals surface area contributed by atoms with Crippen molar-refractivity contribution < 1.29 is 0 Å². The highest BCUT2D eigenvalue weighted by Gasteiger charge is 2.15. The molecule has 0 aliphatic heterocycles. The number of nitrogens with one attached hydrogen (secondary N) is 2. The van der Waals surface area contributed by atoms with E-state index in [1.54, 1.807) is 12.4 Å². The topological polar surface area (TPSA) is 83.1 Å². The molecule has 0 amide bonds. The van der Waals surface area contributed by atoms with Crippen LogP contribution in [0.3, 0.4) is 0 Å². The van der Waals surface area contributed by atoms with Crippen LogP contribution in [0.25, 0.3) is 55.2 Å². The number of imidazole rings is 2.